The van der Waals surface area contributed by atoms with Crippen molar-refractivity contribution in [1.29, 1.82) is 0 Å². The second-order valence-corrected chi connectivity index (χ2v) is 7.20. The van der Waals surface area contributed by atoms with Crippen molar-refractivity contribution in [3.8, 4) is 11.5 Å². The number of amides is 1. The lowest BCUT2D eigenvalue weighted by atomic mass is 10.1. The minimum atomic E-state index is -0.181. The van der Waals surface area contributed by atoms with E-state index < -0.39 is 0 Å². The lowest BCUT2D eigenvalue weighted by Gasteiger charge is -2.26. The first-order valence-corrected chi connectivity index (χ1v) is 9.12. The summed E-state index contributed by atoms with van der Waals surface area (Å²) in [5.41, 5.74) is 3.00. The number of ether oxygens (including phenoxy) is 2. The van der Waals surface area contributed by atoms with Crippen LogP contribution in [0.2, 0.25) is 0 Å². The molecule has 0 radical (unpaired) electrons. The van der Waals surface area contributed by atoms with Gasteiger partial charge in [-0.05, 0) is 31.9 Å². The Bertz CT molecular complexity index is 783. The van der Waals surface area contributed by atoms with Crippen LogP contribution in [0.5, 0.6) is 11.5 Å². The van der Waals surface area contributed by atoms with E-state index in [1.807, 2.05) is 42.8 Å². The summed E-state index contributed by atoms with van der Waals surface area (Å²) in [6.45, 7) is 10.0. The van der Waals surface area contributed by atoms with Crippen LogP contribution >= 0.6 is 0 Å². The minimum Gasteiger partial charge on any atom is -0.486 e. The summed E-state index contributed by atoms with van der Waals surface area (Å²) in [6, 6.07) is 7.57. The van der Waals surface area contributed by atoms with Gasteiger partial charge >= 0.3 is 0 Å². The highest BCUT2D eigenvalue weighted by Gasteiger charge is 2.22. The van der Waals surface area contributed by atoms with E-state index in [0.29, 0.717) is 25.5 Å². The average molecular weight is 357 g/mol. The summed E-state index contributed by atoms with van der Waals surface area (Å²) in [5, 5.41) is 7.53. The average Bonchev–Trinajstić information content (AvgIpc) is 2.86. The highest BCUT2D eigenvalue weighted by Crippen LogP contribution is 2.30. The van der Waals surface area contributed by atoms with E-state index in [2.05, 4.69) is 24.3 Å². The molecule has 26 heavy (non-hydrogen) atoms. The summed E-state index contributed by atoms with van der Waals surface area (Å²) in [5.74, 6) is 1.96. The van der Waals surface area contributed by atoms with Crippen molar-refractivity contribution in [3.63, 3.8) is 0 Å². The van der Waals surface area contributed by atoms with Gasteiger partial charge in [-0.25, -0.2) is 0 Å². The highest BCUT2D eigenvalue weighted by molar-refractivity contribution is 5.79. The van der Waals surface area contributed by atoms with Crippen molar-refractivity contribution in [2.45, 2.75) is 46.8 Å². The molecule has 6 heteroatoms. The zero-order valence-corrected chi connectivity index (χ0v) is 15.9. The van der Waals surface area contributed by atoms with Gasteiger partial charge in [0.2, 0.25) is 5.91 Å². The second-order valence-electron chi connectivity index (χ2n) is 7.20. The van der Waals surface area contributed by atoms with Gasteiger partial charge in [0.15, 0.2) is 11.5 Å². The molecule has 6 nitrogen and oxygen atoms in total. The van der Waals surface area contributed by atoms with Crippen LogP contribution in [0.1, 0.15) is 30.8 Å². The van der Waals surface area contributed by atoms with Crippen LogP contribution in [-0.4, -0.2) is 34.9 Å². The molecule has 0 saturated carbocycles. The van der Waals surface area contributed by atoms with Gasteiger partial charge in [0.1, 0.15) is 12.7 Å². The lowest BCUT2D eigenvalue weighted by Crippen LogP contribution is -2.41. The number of aromatic nitrogens is 2. The first-order valence-electron chi connectivity index (χ1n) is 9.12. The van der Waals surface area contributed by atoms with Crippen molar-refractivity contribution in [2.24, 2.45) is 5.92 Å². The number of hydrogen-bond donors (Lipinski definition) is 1. The van der Waals surface area contributed by atoms with Crippen molar-refractivity contribution in [3.05, 3.63) is 41.2 Å². The van der Waals surface area contributed by atoms with Gasteiger partial charge in [-0.2, -0.15) is 5.10 Å². The summed E-state index contributed by atoms with van der Waals surface area (Å²) >= 11 is 0. The Morgan fingerprint density at radius 1 is 1.31 bits per heavy atom. The van der Waals surface area contributed by atoms with Crippen LogP contribution in [0.25, 0.3) is 0 Å². The molecule has 1 aliphatic rings. The van der Waals surface area contributed by atoms with Crippen LogP contribution < -0.4 is 14.8 Å². The number of hydrogen-bond acceptors (Lipinski definition) is 4. The fourth-order valence-electron chi connectivity index (χ4n) is 3.13. The van der Waals surface area contributed by atoms with Gasteiger partial charge in [0, 0.05) is 17.8 Å². The second kappa shape index (κ2) is 7.81. The molecular formula is C20H27N3O3. The molecular weight excluding hydrogens is 330 g/mol. The smallest absolute Gasteiger partial charge is 0.224 e. The maximum Gasteiger partial charge on any atom is 0.224 e. The molecule has 1 aromatic heterocycles. The number of benzene rings is 1. The molecule has 3 rings (SSSR count). The number of nitrogens with one attached hydrogen (secondary N) is 1. The number of rotatable bonds is 6. The maximum absolute atomic E-state index is 12.4. The molecule has 1 unspecified atom stereocenters. The zero-order valence-electron chi connectivity index (χ0n) is 15.9. The predicted octanol–water partition coefficient (Wildman–Crippen LogP) is 2.65. The molecule has 0 bridgehead atoms. The molecule has 1 N–H and O–H groups in total. The lowest BCUT2D eigenvalue weighted by molar-refractivity contribution is -0.121. The van der Waals surface area contributed by atoms with Crippen LogP contribution in [0.3, 0.4) is 0 Å². The normalized spacial score (nSPS) is 16.0. The summed E-state index contributed by atoms with van der Waals surface area (Å²) < 4.78 is 13.5. The fourth-order valence-corrected chi connectivity index (χ4v) is 3.13. The van der Waals surface area contributed by atoms with E-state index in [0.717, 1.165) is 35.0 Å². The van der Waals surface area contributed by atoms with Crippen molar-refractivity contribution in [2.75, 3.05) is 13.2 Å². The third-order valence-corrected chi connectivity index (χ3v) is 4.50. The van der Waals surface area contributed by atoms with Gasteiger partial charge in [-0.15, -0.1) is 0 Å². The predicted molar refractivity (Wildman–Crippen MR) is 99.6 cm³/mol. The number of para-hydroxylation sites is 2. The number of fused-ring (bicyclic) bond motifs is 1. The third kappa shape index (κ3) is 4.18. The molecule has 1 amide bonds. The molecule has 1 atom stereocenters. The number of carbonyl (C=O) groups excluding carboxylic acids is 1. The Balaban J connectivity index is 1.55. The van der Waals surface area contributed by atoms with E-state index in [9.17, 15) is 4.79 Å². The first-order chi connectivity index (χ1) is 12.4. The fraction of sp³-hybridized carbons (Fsp3) is 0.500. The molecule has 140 valence electrons. The summed E-state index contributed by atoms with van der Waals surface area (Å²) in [4.78, 5) is 12.4. The standard InChI is InChI=1S/C20H27N3O3/c1-13(2)11-23-15(4)17(14(3)22-23)9-20(24)21-10-16-12-25-18-7-5-6-8-19(18)26-16/h5-8,13,16H,9-12H2,1-4H3,(H,21,24). The SMILES string of the molecule is Cc1nn(CC(C)C)c(C)c1CC(=O)NCC1COc2ccccc2O1. The summed E-state index contributed by atoms with van der Waals surface area (Å²) in [6.07, 6.45) is 0.152. The monoisotopic (exact) mass is 357 g/mol. The van der Waals surface area contributed by atoms with E-state index in [-0.39, 0.29) is 12.0 Å². The van der Waals surface area contributed by atoms with E-state index in [1.54, 1.807) is 0 Å². The van der Waals surface area contributed by atoms with Crippen LogP contribution in [0.4, 0.5) is 0 Å². The van der Waals surface area contributed by atoms with Gasteiger partial charge in [0.25, 0.3) is 0 Å². The number of nitrogens with zero attached hydrogens (tertiary/aromatic N) is 2. The van der Waals surface area contributed by atoms with Gasteiger partial charge in [-0.3, -0.25) is 9.48 Å². The third-order valence-electron chi connectivity index (χ3n) is 4.50. The molecule has 0 saturated heterocycles. The number of aryl methyl sites for hydroxylation is 1. The zero-order chi connectivity index (χ0) is 18.7. The van der Waals surface area contributed by atoms with Crippen LogP contribution in [0.15, 0.2) is 24.3 Å². The molecule has 2 heterocycles. The van der Waals surface area contributed by atoms with Crippen molar-refractivity contribution >= 4 is 5.91 Å². The topological polar surface area (TPSA) is 65.4 Å². The Hall–Kier alpha value is -2.50. The molecule has 2 aromatic rings. The first kappa shape index (κ1) is 18.3. The Kier molecular flexibility index (Phi) is 5.49. The molecule has 0 aliphatic carbocycles. The van der Waals surface area contributed by atoms with Crippen molar-refractivity contribution in [1.82, 2.24) is 15.1 Å². The van der Waals surface area contributed by atoms with Gasteiger partial charge in [-0.1, -0.05) is 26.0 Å². The van der Waals surface area contributed by atoms with E-state index >= 15 is 0 Å². The quantitative estimate of drug-likeness (QED) is 0.863. The maximum atomic E-state index is 12.4. The highest BCUT2D eigenvalue weighted by atomic mass is 16.6. The molecule has 0 spiro atoms. The van der Waals surface area contributed by atoms with Crippen LogP contribution in [-0.2, 0) is 17.8 Å². The van der Waals surface area contributed by atoms with Gasteiger partial charge < -0.3 is 14.8 Å². The largest absolute Gasteiger partial charge is 0.486 e. The Morgan fingerprint density at radius 2 is 2.04 bits per heavy atom. The van der Waals surface area contributed by atoms with Gasteiger partial charge in [0.05, 0.1) is 18.7 Å². The Morgan fingerprint density at radius 3 is 2.77 bits per heavy atom. The van der Waals surface area contributed by atoms with Crippen molar-refractivity contribution < 1.29 is 14.3 Å². The molecule has 1 aliphatic heterocycles. The summed E-state index contributed by atoms with van der Waals surface area (Å²) in [7, 11) is 0. The molecule has 1 aromatic carbocycles. The van der Waals surface area contributed by atoms with E-state index in [1.165, 1.54) is 0 Å². The van der Waals surface area contributed by atoms with Crippen LogP contribution in [0, 0.1) is 19.8 Å². The number of carbonyl (C=O) groups is 1. The van der Waals surface area contributed by atoms with E-state index in [4.69, 9.17) is 9.47 Å². The Labute approximate surface area is 154 Å². The molecule has 0 fully saturated rings. The minimum absolute atomic E-state index is 0.0252.